The summed E-state index contributed by atoms with van der Waals surface area (Å²) in [5.74, 6) is 0.433. The third kappa shape index (κ3) is 5.09. The number of benzene rings is 1. The lowest BCUT2D eigenvalue weighted by atomic mass is 10.3. The Bertz CT molecular complexity index is 418. The fraction of sp³-hybridized carbons (Fsp3) is 0.333. The molecule has 0 aliphatic rings. The molecule has 0 unspecified atom stereocenters. The van der Waals surface area contributed by atoms with Crippen LogP contribution in [-0.4, -0.2) is 42.3 Å². The number of hydrogen-bond acceptors (Lipinski definition) is 4. The van der Waals surface area contributed by atoms with Crippen molar-refractivity contribution in [3.8, 4) is 0 Å². The van der Waals surface area contributed by atoms with Gasteiger partial charge < -0.3 is 16.0 Å². The van der Waals surface area contributed by atoms with Gasteiger partial charge in [-0.25, -0.2) is 0 Å². The molecule has 1 aromatic rings. The number of anilines is 2. The molecule has 5 nitrogen and oxygen atoms in total. The summed E-state index contributed by atoms with van der Waals surface area (Å²) in [7, 11) is 3.38. The standard InChI is InChI=1S/C12H17N3O2S/c1-15(2)12(17)8-18-7-11(16)14-10-5-3-9(13)4-6-10/h3-6H,7-8,13H2,1-2H3,(H,14,16). The topological polar surface area (TPSA) is 75.4 Å². The molecule has 0 radical (unpaired) electrons. The molecule has 6 heteroatoms. The van der Waals surface area contributed by atoms with Crippen molar-refractivity contribution in [2.24, 2.45) is 0 Å². The molecule has 1 aromatic carbocycles. The highest BCUT2D eigenvalue weighted by molar-refractivity contribution is 8.00. The summed E-state index contributed by atoms with van der Waals surface area (Å²) in [6.07, 6.45) is 0. The van der Waals surface area contributed by atoms with Gasteiger partial charge in [0, 0.05) is 25.5 Å². The number of carbonyl (C=O) groups excluding carboxylic acids is 2. The maximum Gasteiger partial charge on any atom is 0.234 e. The molecule has 3 N–H and O–H groups in total. The Morgan fingerprint density at radius 3 is 2.39 bits per heavy atom. The smallest absolute Gasteiger partial charge is 0.234 e. The van der Waals surface area contributed by atoms with Crippen LogP contribution in [0.5, 0.6) is 0 Å². The van der Waals surface area contributed by atoms with Crippen molar-refractivity contribution in [2.75, 3.05) is 36.7 Å². The van der Waals surface area contributed by atoms with Crippen molar-refractivity contribution in [3.63, 3.8) is 0 Å². The Kier molecular flexibility index (Phi) is 5.51. The molecular formula is C12H17N3O2S. The summed E-state index contributed by atoms with van der Waals surface area (Å²) in [5, 5.41) is 2.73. The van der Waals surface area contributed by atoms with Crippen molar-refractivity contribution in [3.05, 3.63) is 24.3 Å². The Morgan fingerprint density at radius 2 is 1.83 bits per heavy atom. The quantitative estimate of drug-likeness (QED) is 0.781. The molecule has 0 aliphatic heterocycles. The molecule has 1 rings (SSSR count). The molecule has 18 heavy (non-hydrogen) atoms. The van der Waals surface area contributed by atoms with Gasteiger partial charge in [0.15, 0.2) is 0 Å². The fourth-order valence-corrected chi connectivity index (χ4v) is 1.92. The van der Waals surface area contributed by atoms with Crippen LogP contribution in [0.1, 0.15) is 0 Å². The number of thioether (sulfide) groups is 1. The Hall–Kier alpha value is -1.69. The van der Waals surface area contributed by atoms with Crippen molar-refractivity contribution in [2.45, 2.75) is 0 Å². The maximum absolute atomic E-state index is 11.6. The third-order valence-corrected chi connectivity index (χ3v) is 3.07. The lowest BCUT2D eigenvalue weighted by Gasteiger charge is -2.09. The first-order valence-corrected chi connectivity index (χ1v) is 6.58. The van der Waals surface area contributed by atoms with Crippen LogP contribution < -0.4 is 11.1 Å². The van der Waals surface area contributed by atoms with E-state index in [2.05, 4.69) is 5.32 Å². The maximum atomic E-state index is 11.6. The minimum Gasteiger partial charge on any atom is -0.399 e. The van der Waals surface area contributed by atoms with Crippen LogP contribution in [0.25, 0.3) is 0 Å². The second-order valence-electron chi connectivity index (χ2n) is 3.95. The van der Waals surface area contributed by atoms with Gasteiger partial charge in [-0.15, -0.1) is 11.8 Å². The summed E-state index contributed by atoms with van der Waals surface area (Å²) in [4.78, 5) is 24.3. The summed E-state index contributed by atoms with van der Waals surface area (Å²) in [5.41, 5.74) is 6.89. The monoisotopic (exact) mass is 267 g/mol. The summed E-state index contributed by atoms with van der Waals surface area (Å²) in [6, 6.07) is 6.92. The molecule has 98 valence electrons. The minimum absolute atomic E-state index is 0.000264. The van der Waals surface area contributed by atoms with Gasteiger partial charge in [-0.2, -0.15) is 0 Å². The summed E-state index contributed by atoms with van der Waals surface area (Å²) >= 11 is 1.29. The zero-order chi connectivity index (χ0) is 13.5. The van der Waals surface area contributed by atoms with E-state index in [9.17, 15) is 9.59 Å². The Morgan fingerprint density at radius 1 is 1.22 bits per heavy atom. The van der Waals surface area contributed by atoms with Crippen LogP contribution in [0, 0.1) is 0 Å². The molecule has 0 bridgehead atoms. The van der Waals surface area contributed by atoms with Gasteiger partial charge >= 0.3 is 0 Å². The van der Waals surface area contributed by atoms with Crippen LogP contribution in [0.2, 0.25) is 0 Å². The first kappa shape index (κ1) is 14.4. The van der Waals surface area contributed by atoms with Crippen molar-refractivity contribution in [1.29, 1.82) is 0 Å². The molecule has 0 saturated heterocycles. The van der Waals surface area contributed by atoms with Gasteiger partial charge in [0.2, 0.25) is 11.8 Å². The first-order valence-electron chi connectivity index (χ1n) is 5.42. The van der Waals surface area contributed by atoms with Crippen LogP contribution in [0.3, 0.4) is 0 Å². The van der Waals surface area contributed by atoms with E-state index in [1.165, 1.54) is 16.7 Å². The van der Waals surface area contributed by atoms with E-state index >= 15 is 0 Å². The molecule has 0 heterocycles. The van der Waals surface area contributed by atoms with E-state index in [0.29, 0.717) is 17.1 Å². The Labute approximate surface area is 111 Å². The predicted molar refractivity (Wildman–Crippen MR) is 75.5 cm³/mol. The van der Waals surface area contributed by atoms with E-state index in [-0.39, 0.29) is 17.6 Å². The molecular weight excluding hydrogens is 250 g/mol. The normalized spacial score (nSPS) is 9.89. The van der Waals surface area contributed by atoms with Gasteiger partial charge in [0.05, 0.1) is 11.5 Å². The number of nitrogens with one attached hydrogen (secondary N) is 1. The number of carbonyl (C=O) groups is 2. The highest BCUT2D eigenvalue weighted by atomic mass is 32.2. The van der Waals surface area contributed by atoms with Crippen molar-refractivity contribution in [1.82, 2.24) is 4.90 Å². The lowest BCUT2D eigenvalue weighted by molar-refractivity contribution is -0.125. The molecule has 0 saturated carbocycles. The summed E-state index contributed by atoms with van der Waals surface area (Å²) in [6.45, 7) is 0. The first-order chi connectivity index (χ1) is 8.49. The fourth-order valence-electron chi connectivity index (χ4n) is 1.12. The lowest BCUT2D eigenvalue weighted by Crippen LogP contribution is -2.24. The number of nitrogens with zero attached hydrogens (tertiary/aromatic N) is 1. The number of hydrogen-bond donors (Lipinski definition) is 2. The average molecular weight is 267 g/mol. The van der Waals surface area contributed by atoms with E-state index in [4.69, 9.17) is 5.73 Å². The number of amides is 2. The van der Waals surface area contributed by atoms with Crippen LogP contribution in [0.15, 0.2) is 24.3 Å². The SMILES string of the molecule is CN(C)C(=O)CSCC(=O)Nc1ccc(N)cc1. The van der Waals surface area contributed by atoms with Crippen molar-refractivity contribution >= 4 is 35.0 Å². The molecule has 0 spiro atoms. The summed E-state index contributed by atoms with van der Waals surface area (Å²) < 4.78 is 0. The number of rotatable bonds is 5. The zero-order valence-electron chi connectivity index (χ0n) is 10.5. The molecule has 2 amide bonds. The average Bonchev–Trinajstić information content (AvgIpc) is 2.32. The largest absolute Gasteiger partial charge is 0.399 e. The Balaban J connectivity index is 2.30. The predicted octanol–water partition coefficient (Wildman–Crippen LogP) is 1.03. The number of nitrogens with two attached hydrogens (primary N) is 1. The molecule has 0 aliphatic carbocycles. The van der Waals surface area contributed by atoms with E-state index in [1.54, 1.807) is 38.4 Å². The van der Waals surface area contributed by atoms with Crippen LogP contribution in [-0.2, 0) is 9.59 Å². The van der Waals surface area contributed by atoms with E-state index in [1.807, 2.05) is 0 Å². The van der Waals surface area contributed by atoms with Gasteiger partial charge in [0.25, 0.3) is 0 Å². The zero-order valence-corrected chi connectivity index (χ0v) is 11.3. The highest BCUT2D eigenvalue weighted by Crippen LogP contribution is 2.11. The van der Waals surface area contributed by atoms with Gasteiger partial charge in [0.1, 0.15) is 0 Å². The van der Waals surface area contributed by atoms with Crippen LogP contribution >= 0.6 is 11.8 Å². The highest BCUT2D eigenvalue weighted by Gasteiger charge is 2.07. The molecule has 0 atom stereocenters. The third-order valence-electron chi connectivity index (χ3n) is 2.15. The molecule has 0 fully saturated rings. The van der Waals surface area contributed by atoms with Crippen molar-refractivity contribution < 1.29 is 9.59 Å². The molecule has 0 aromatic heterocycles. The van der Waals surface area contributed by atoms with Crippen LogP contribution in [0.4, 0.5) is 11.4 Å². The second kappa shape index (κ2) is 6.90. The van der Waals surface area contributed by atoms with E-state index < -0.39 is 0 Å². The van der Waals surface area contributed by atoms with Gasteiger partial charge in [-0.3, -0.25) is 9.59 Å². The van der Waals surface area contributed by atoms with E-state index in [0.717, 1.165) is 0 Å². The second-order valence-corrected chi connectivity index (χ2v) is 4.94. The van der Waals surface area contributed by atoms with Gasteiger partial charge in [-0.1, -0.05) is 0 Å². The minimum atomic E-state index is -0.128. The number of nitrogen functional groups attached to an aromatic ring is 1. The van der Waals surface area contributed by atoms with Gasteiger partial charge in [-0.05, 0) is 24.3 Å².